The fourth-order valence-corrected chi connectivity index (χ4v) is 5.17. The van der Waals surface area contributed by atoms with E-state index >= 15 is 0 Å². The first kappa shape index (κ1) is 19.3. The van der Waals surface area contributed by atoms with Gasteiger partial charge in [0.25, 0.3) is 0 Å². The second-order valence-corrected chi connectivity index (χ2v) is 8.30. The van der Waals surface area contributed by atoms with Crippen LogP contribution < -0.4 is 5.43 Å². The molecule has 6 nitrogen and oxygen atoms in total. The fraction of sp³-hybridized carbons (Fsp3) is 0.591. The zero-order chi connectivity index (χ0) is 19.8. The number of hydrogen-bond donors (Lipinski definition) is 1. The molecule has 2 aromatic rings. The van der Waals surface area contributed by atoms with Crippen molar-refractivity contribution in [2.45, 2.75) is 51.2 Å². The third-order valence-corrected chi connectivity index (χ3v) is 6.35. The van der Waals surface area contributed by atoms with E-state index in [1.54, 1.807) is 26.1 Å². The van der Waals surface area contributed by atoms with Crippen LogP contribution in [-0.2, 0) is 17.8 Å². The van der Waals surface area contributed by atoms with Gasteiger partial charge in [-0.25, -0.2) is 10.2 Å². The first-order chi connectivity index (χ1) is 13.6. The maximum absolute atomic E-state index is 12.4. The lowest BCUT2D eigenvalue weighted by Gasteiger charge is -2.44. The lowest BCUT2D eigenvalue weighted by Crippen LogP contribution is -2.47. The highest BCUT2D eigenvalue weighted by molar-refractivity contribution is 5.93. The van der Waals surface area contributed by atoms with E-state index in [1.165, 1.54) is 42.3 Å². The number of rotatable bonds is 5. The molecular weight excluding hydrogens is 352 g/mol. The van der Waals surface area contributed by atoms with Crippen molar-refractivity contribution in [3.8, 4) is 0 Å². The van der Waals surface area contributed by atoms with Crippen LogP contribution in [0.5, 0.6) is 0 Å². The molecule has 6 heteroatoms. The normalized spacial score (nSPS) is 21.6. The predicted octanol–water partition coefficient (Wildman–Crippen LogP) is 3.53. The summed E-state index contributed by atoms with van der Waals surface area (Å²) in [7, 11) is 5.25. The minimum absolute atomic E-state index is 0.129. The lowest BCUT2D eigenvalue weighted by molar-refractivity contribution is 0.123. The number of fused-ring (bicyclic) bond motifs is 2. The molecule has 2 heterocycles. The van der Waals surface area contributed by atoms with E-state index in [2.05, 4.69) is 35.4 Å². The number of hydrogen-bond acceptors (Lipinski definition) is 3. The second kappa shape index (κ2) is 7.76. The van der Waals surface area contributed by atoms with Crippen LogP contribution in [0.1, 0.15) is 48.9 Å². The summed E-state index contributed by atoms with van der Waals surface area (Å²) in [6.07, 6.45) is 4.72. The summed E-state index contributed by atoms with van der Waals surface area (Å²) in [5.74, 6) is 0.576. The van der Waals surface area contributed by atoms with Gasteiger partial charge in [0.1, 0.15) is 0 Å². The van der Waals surface area contributed by atoms with Crippen LogP contribution in [-0.4, -0.2) is 60.8 Å². The number of urea groups is 1. The Morgan fingerprint density at radius 2 is 2.18 bits per heavy atom. The molecule has 2 aliphatic rings. The quantitative estimate of drug-likeness (QED) is 0.858. The minimum Gasteiger partial charge on any atom is -0.378 e. The second-order valence-electron chi connectivity index (χ2n) is 8.30. The molecule has 152 valence electrons. The van der Waals surface area contributed by atoms with Gasteiger partial charge in [0, 0.05) is 38.6 Å². The average Bonchev–Trinajstić information content (AvgIpc) is 2.97. The topological polar surface area (TPSA) is 49.7 Å². The Morgan fingerprint density at radius 1 is 1.36 bits per heavy atom. The summed E-state index contributed by atoms with van der Waals surface area (Å²) in [5, 5.41) is 1.33. The van der Waals surface area contributed by atoms with E-state index in [9.17, 15) is 4.79 Å². The Hall–Kier alpha value is -2.05. The van der Waals surface area contributed by atoms with E-state index in [4.69, 9.17) is 4.74 Å². The van der Waals surface area contributed by atoms with Gasteiger partial charge in [-0.3, -0.25) is 9.58 Å². The van der Waals surface area contributed by atoms with E-state index < -0.39 is 0 Å². The van der Waals surface area contributed by atoms with Gasteiger partial charge >= 0.3 is 6.03 Å². The minimum atomic E-state index is -0.129. The monoisotopic (exact) mass is 384 g/mol. The van der Waals surface area contributed by atoms with Gasteiger partial charge < -0.3 is 9.64 Å². The number of nitrogens with one attached hydrogen (secondary N) is 1. The lowest BCUT2D eigenvalue weighted by atomic mass is 9.74. The van der Waals surface area contributed by atoms with Gasteiger partial charge in [0.15, 0.2) is 0 Å². The van der Waals surface area contributed by atoms with Crippen molar-refractivity contribution in [1.29, 1.82) is 0 Å². The van der Waals surface area contributed by atoms with Gasteiger partial charge in [-0.05, 0) is 56.0 Å². The number of carbonyl (C=O) groups excluding carboxylic acids is 1. The largest absolute Gasteiger partial charge is 0.378 e. The molecule has 0 spiro atoms. The highest BCUT2D eigenvalue weighted by Gasteiger charge is 2.39. The SMILES string of the molecule is CCCN1CCC[C@@H]2c3cccc4c3c(c(COC)n4NC(=O)N(C)C)C[C@H]21. The molecule has 0 saturated carbocycles. The van der Waals surface area contributed by atoms with E-state index in [-0.39, 0.29) is 6.03 Å². The number of benzene rings is 1. The number of piperidine rings is 1. The van der Waals surface area contributed by atoms with Crippen LogP contribution in [0.25, 0.3) is 10.9 Å². The summed E-state index contributed by atoms with van der Waals surface area (Å²) in [6, 6.07) is 6.97. The highest BCUT2D eigenvalue weighted by Crippen LogP contribution is 2.45. The Labute approximate surface area is 167 Å². The number of carbonyl (C=O) groups is 1. The summed E-state index contributed by atoms with van der Waals surface area (Å²) in [4.78, 5) is 16.7. The number of amides is 2. The molecule has 1 saturated heterocycles. The molecule has 0 unspecified atom stereocenters. The van der Waals surface area contributed by atoms with Crippen LogP contribution in [0.4, 0.5) is 4.79 Å². The fourth-order valence-electron chi connectivity index (χ4n) is 5.17. The molecule has 2 atom stereocenters. The molecule has 1 aromatic heterocycles. The van der Waals surface area contributed by atoms with Gasteiger partial charge in [-0.1, -0.05) is 19.1 Å². The molecule has 0 bridgehead atoms. The summed E-state index contributed by atoms with van der Waals surface area (Å²) in [5.41, 5.74) is 8.02. The third kappa shape index (κ3) is 3.08. The molecule has 1 fully saturated rings. The standard InChI is InChI=1S/C22H32N4O2/c1-5-11-25-12-7-9-15-16-8-6-10-18-21(16)17(13-19(15)25)20(14-28-4)26(18)23-22(27)24(2)3/h6,8,10,15,19H,5,7,9,11-14H2,1-4H3,(H,23,27)/t15-,19-/m1/s1. The summed E-state index contributed by atoms with van der Waals surface area (Å²) < 4.78 is 7.52. The van der Waals surface area contributed by atoms with E-state index in [0.29, 0.717) is 18.6 Å². The number of likely N-dealkylation sites (tertiary alicyclic amines) is 1. The van der Waals surface area contributed by atoms with Crippen molar-refractivity contribution in [3.63, 3.8) is 0 Å². The van der Waals surface area contributed by atoms with E-state index in [0.717, 1.165) is 24.2 Å². The average molecular weight is 385 g/mol. The third-order valence-electron chi connectivity index (χ3n) is 6.35. The van der Waals surface area contributed by atoms with Crippen molar-refractivity contribution in [3.05, 3.63) is 35.0 Å². The molecule has 1 N–H and O–H groups in total. The molecule has 1 aromatic carbocycles. The van der Waals surface area contributed by atoms with Gasteiger partial charge in [0.2, 0.25) is 0 Å². The van der Waals surface area contributed by atoms with Crippen molar-refractivity contribution >= 4 is 16.9 Å². The van der Waals surface area contributed by atoms with Crippen LogP contribution in [0.3, 0.4) is 0 Å². The Kier molecular flexibility index (Phi) is 5.34. The number of methoxy groups -OCH3 is 1. The number of ether oxygens (including phenoxy) is 1. The number of nitrogens with zero attached hydrogens (tertiary/aromatic N) is 3. The first-order valence-corrected chi connectivity index (χ1v) is 10.4. The molecule has 4 rings (SSSR count). The molecule has 28 heavy (non-hydrogen) atoms. The van der Waals surface area contributed by atoms with Gasteiger partial charge in [0.05, 0.1) is 17.8 Å². The summed E-state index contributed by atoms with van der Waals surface area (Å²) >= 11 is 0. The van der Waals surface area contributed by atoms with Gasteiger partial charge in [-0.2, -0.15) is 0 Å². The molecule has 1 aliphatic carbocycles. The Balaban J connectivity index is 1.86. The number of aromatic nitrogens is 1. The zero-order valence-electron chi connectivity index (χ0n) is 17.5. The smallest absolute Gasteiger partial charge is 0.335 e. The Bertz CT molecular complexity index is 871. The molecular formula is C22H32N4O2. The maximum atomic E-state index is 12.4. The Morgan fingerprint density at radius 3 is 2.89 bits per heavy atom. The van der Waals surface area contributed by atoms with Crippen molar-refractivity contribution in [2.24, 2.45) is 0 Å². The summed E-state index contributed by atoms with van der Waals surface area (Å²) in [6.45, 7) is 5.10. The van der Waals surface area contributed by atoms with Crippen LogP contribution in [0.2, 0.25) is 0 Å². The highest BCUT2D eigenvalue weighted by atomic mass is 16.5. The molecule has 0 radical (unpaired) electrons. The van der Waals surface area contributed by atoms with Crippen molar-refractivity contribution in [2.75, 3.05) is 39.7 Å². The molecule has 2 amide bonds. The van der Waals surface area contributed by atoms with Crippen molar-refractivity contribution < 1.29 is 9.53 Å². The zero-order valence-corrected chi connectivity index (χ0v) is 17.5. The van der Waals surface area contributed by atoms with Gasteiger partial charge in [-0.15, -0.1) is 0 Å². The predicted molar refractivity (Wildman–Crippen MR) is 112 cm³/mol. The maximum Gasteiger partial charge on any atom is 0.335 e. The first-order valence-electron chi connectivity index (χ1n) is 10.4. The van der Waals surface area contributed by atoms with Crippen molar-refractivity contribution in [1.82, 2.24) is 14.5 Å². The molecule has 1 aliphatic heterocycles. The van der Waals surface area contributed by atoms with Crippen LogP contribution >= 0.6 is 0 Å². The van der Waals surface area contributed by atoms with Crippen LogP contribution in [0, 0.1) is 0 Å². The van der Waals surface area contributed by atoms with Crippen LogP contribution in [0.15, 0.2) is 18.2 Å². The van der Waals surface area contributed by atoms with E-state index in [1.807, 2.05) is 4.68 Å².